The van der Waals surface area contributed by atoms with E-state index in [0.717, 1.165) is 0 Å². The number of nitrogens with one attached hydrogen (secondary N) is 1. The second-order valence-electron chi connectivity index (χ2n) is 11.8. The normalized spacial score (nSPS) is 26.0. The van der Waals surface area contributed by atoms with Gasteiger partial charge in [-0.3, -0.25) is 0 Å². The Morgan fingerprint density at radius 3 is 1.56 bits per heavy atom. The van der Waals surface area contributed by atoms with Crippen LogP contribution in [0.25, 0.3) is 0 Å². The van der Waals surface area contributed by atoms with Crippen molar-refractivity contribution in [2.45, 2.75) is 115 Å². The molecule has 2 aliphatic rings. The lowest BCUT2D eigenvalue weighted by Crippen LogP contribution is -2.49. The van der Waals surface area contributed by atoms with Crippen LogP contribution in [-0.2, 0) is 30.0 Å². The molecular formula is C22H39B2NO6S. The highest BCUT2D eigenvalue weighted by Gasteiger charge is 2.64. The van der Waals surface area contributed by atoms with Crippen LogP contribution in [0.4, 0.5) is 0 Å². The molecular weight excluding hydrogens is 428 g/mol. The summed E-state index contributed by atoms with van der Waals surface area (Å²) in [5.74, 6) is 0.622. The minimum absolute atomic E-state index is 0.485. The van der Waals surface area contributed by atoms with Gasteiger partial charge < -0.3 is 27.6 Å². The molecule has 1 aromatic heterocycles. The van der Waals surface area contributed by atoms with E-state index in [-0.39, 0.29) is 0 Å². The molecule has 0 bridgehead atoms. The van der Waals surface area contributed by atoms with Crippen LogP contribution < -0.4 is 4.72 Å². The molecule has 0 spiro atoms. The number of rotatable bonds is 6. The molecule has 0 radical (unpaired) electrons. The van der Waals surface area contributed by atoms with Gasteiger partial charge in [-0.1, -0.05) is 0 Å². The Hall–Kier alpha value is -0.480. The van der Waals surface area contributed by atoms with Gasteiger partial charge in [0.15, 0.2) is 0 Å². The molecule has 1 aromatic rings. The molecule has 32 heavy (non-hydrogen) atoms. The van der Waals surface area contributed by atoms with Gasteiger partial charge in [0.1, 0.15) is 16.5 Å². The van der Waals surface area contributed by atoms with Gasteiger partial charge in [-0.25, -0.2) is 0 Å². The van der Waals surface area contributed by atoms with Crippen LogP contribution in [0.2, 0.25) is 5.72 Å². The quantitative estimate of drug-likeness (QED) is 0.488. The van der Waals surface area contributed by atoms with Crippen LogP contribution in [-0.4, -0.2) is 45.9 Å². The first kappa shape index (κ1) is 26.1. The highest BCUT2D eigenvalue weighted by molar-refractivity contribution is 7.90. The zero-order valence-electron chi connectivity index (χ0n) is 21.4. The number of hydrogen-bond acceptors (Lipinski definition) is 7. The van der Waals surface area contributed by atoms with Gasteiger partial charge in [0.25, 0.3) is 0 Å². The van der Waals surface area contributed by atoms with E-state index in [0.29, 0.717) is 5.76 Å². The maximum atomic E-state index is 13.2. The third-order valence-corrected chi connectivity index (χ3v) is 8.78. The average Bonchev–Trinajstić information content (AvgIpc) is 3.23. The Balaban J connectivity index is 2.06. The third kappa shape index (κ3) is 4.83. The fourth-order valence-electron chi connectivity index (χ4n) is 3.62. The number of hydrogen-bond donors (Lipinski definition) is 1. The van der Waals surface area contributed by atoms with Crippen molar-refractivity contribution in [2.24, 2.45) is 0 Å². The van der Waals surface area contributed by atoms with E-state index in [1.54, 1.807) is 6.26 Å². The van der Waals surface area contributed by atoms with Gasteiger partial charge in [-0.05, 0) is 88.3 Å². The third-order valence-electron chi connectivity index (χ3n) is 7.20. The molecule has 0 aromatic carbocycles. The van der Waals surface area contributed by atoms with Crippen molar-refractivity contribution in [3.8, 4) is 0 Å². The van der Waals surface area contributed by atoms with Crippen molar-refractivity contribution >= 4 is 25.6 Å². The summed E-state index contributed by atoms with van der Waals surface area (Å²) in [5.41, 5.74) is -2.67. The van der Waals surface area contributed by atoms with Crippen molar-refractivity contribution in [3.05, 3.63) is 24.2 Å². The standard InChI is InChI=1S/C22H39B2NO6S/c1-18(2,3)32(26)25-16(15-13-12-14-27-15)17(23-28-19(4,5)20(6,7)29-23)24-30-21(8,9)22(10,11)31-24/h12-14,16-17,25H,1-11H3/t16-,32?/m1/s1. The van der Waals surface area contributed by atoms with Gasteiger partial charge >= 0.3 is 14.2 Å². The molecule has 2 atom stereocenters. The zero-order chi connectivity index (χ0) is 24.3. The van der Waals surface area contributed by atoms with Crippen molar-refractivity contribution in [2.75, 3.05) is 0 Å². The maximum absolute atomic E-state index is 13.2. The van der Waals surface area contributed by atoms with Crippen molar-refractivity contribution in [3.63, 3.8) is 0 Å². The molecule has 3 heterocycles. The van der Waals surface area contributed by atoms with Gasteiger partial charge in [0.2, 0.25) is 0 Å². The van der Waals surface area contributed by atoms with Gasteiger partial charge in [-0.15, -0.1) is 4.72 Å². The Kier molecular flexibility index (Phi) is 6.80. The topological polar surface area (TPSA) is 85.2 Å². The highest BCUT2D eigenvalue weighted by atomic mass is 32.2. The summed E-state index contributed by atoms with van der Waals surface area (Å²) in [6, 6.07) is 3.14. The van der Waals surface area contributed by atoms with Crippen molar-refractivity contribution in [1.82, 2.24) is 4.72 Å². The first-order valence-electron chi connectivity index (χ1n) is 11.3. The van der Waals surface area contributed by atoms with Crippen LogP contribution in [0, 0.1) is 0 Å². The maximum Gasteiger partial charge on any atom is 0.461 e. The molecule has 7 nitrogen and oxygen atoms in total. The molecule has 10 heteroatoms. The van der Waals surface area contributed by atoms with Crippen LogP contribution in [0.3, 0.4) is 0 Å². The molecule has 2 aliphatic heterocycles. The lowest BCUT2D eigenvalue weighted by atomic mass is 9.48. The summed E-state index contributed by atoms with van der Waals surface area (Å²) in [6.45, 7) is 21.9. The minimum atomic E-state index is -1.38. The minimum Gasteiger partial charge on any atom is -0.598 e. The zero-order valence-corrected chi connectivity index (χ0v) is 22.2. The summed E-state index contributed by atoms with van der Waals surface area (Å²) in [6.07, 6.45) is 1.61. The fourth-order valence-corrected chi connectivity index (χ4v) is 4.48. The molecule has 3 rings (SSSR count). The predicted octanol–water partition coefficient (Wildman–Crippen LogP) is 4.47. The molecule has 1 N–H and O–H groups in total. The fraction of sp³-hybridized carbons (Fsp3) is 0.818. The molecule has 0 amide bonds. The monoisotopic (exact) mass is 467 g/mol. The van der Waals surface area contributed by atoms with Crippen molar-refractivity contribution in [1.29, 1.82) is 0 Å². The lowest BCUT2D eigenvalue weighted by molar-refractivity contribution is 0.00578. The second-order valence-corrected chi connectivity index (χ2v) is 13.8. The molecule has 180 valence electrons. The smallest absolute Gasteiger partial charge is 0.461 e. The summed E-state index contributed by atoms with van der Waals surface area (Å²) < 4.78 is 47.6. The average molecular weight is 467 g/mol. The van der Waals surface area contributed by atoms with E-state index in [1.165, 1.54) is 0 Å². The Morgan fingerprint density at radius 2 is 1.25 bits per heavy atom. The van der Waals surface area contributed by atoms with E-state index in [2.05, 4.69) is 4.72 Å². The summed E-state index contributed by atoms with van der Waals surface area (Å²) in [4.78, 5) is 0. The Morgan fingerprint density at radius 1 is 0.844 bits per heavy atom. The van der Waals surface area contributed by atoms with Crippen molar-refractivity contribution < 1.29 is 27.6 Å². The van der Waals surface area contributed by atoms with Gasteiger partial charge in [0.05, 0.1) is 34.4 Å². The summed E-state index contributed by atoms with van der Waals surface area (Å²) in [7, 11) is -1.34. The SMILES string of the molecule is CC(C)(C)[S+]([O-])N[C@H](c1ccco1)C(B1OC(C)(C)C(C)(C)O1)B1OC(C)(C)C(C)(C)O1. The van der Waals surface area contributed by atoms with E-state index in [9.17, 15) is 4.55 Å². The number of furan rings is 1. The lowest BCUT2D eigenvalue weighted by Gasteiger charge is -2.33. The molecule has 1 unspecified atom stereocenters. The molecule has 0 aliphatic carbocycles. The Labute approximate surface area is 197 Å². The largest absolute Gasteiger partial charge is 0.598 e. The van der Waals surface area contributed by atoms with Gasteiger partial charge in [-0.2, -0.15) is 0 Å². The van der Waals surface area contributed by atoms with Crippen LogP contribution in [0.5, 0.6) is 0 Å². The Bertz CT molecular complexity index is 725. The van der Waals surface area contributed by atoms with Gasteiger partial charge in [0, 0.05) is 11.4 Å². The van der Waals surface area contributed by atoms with E-state index in [1.807, 2.05) is 88.3 Å². The predicted molar refractivity (Wildman–Crippen MR) is 128 cm³/mol. The van der Waals surface area contributed by atoms with E-state index < -0.39 is 64.5 Å². The van der Waals surface area contributed by atoms with Crippen LogP contribution in [0.15, 0.2) is 22.8 Å². The first-order chi connectivity index (χ1) is 14.4. The van der Waals surface area contributed by atoms with E-state index >= 15 is 0 Å². The van der Waals surface area contributed by atoms with E-state index in [4.69, 9.17) is 23.0 Å². The summed E-state index contributed by atoms with van der Waals surface area (Å²) >= 11 is -1.38. The molecule has 2 saturated heterocycles. The molecule has 0 saturated carbocycles. The summed E-state index contributed by atoms with van der Waals surface area (Å²) in [5, 5.41) is 0. The highest BCUT2D eigenvalue weighted by Crippen LogP contribution is 2.49. The van der Waals surface area contributed by atoms with Crippen LogP contribution in [0.1, 0.15) is 88.0 Å². The first-order valence-corrected chi connectivity index (χ1v) is 12.5. The second kappa shape index (κ2) is 8.33. The molecule has 2 fully saturated rings. The van der Waals surface area contributed by atoms with Crippen LogP contribution >= 0.6 is 0 Å².